The van der Waals surface area contributed by atoms with Gasteiger partial charge in [0.1, 0.15) is 6.54 Å². The Bertz CT molecular complexity index is 819. The third kappa shape index (κ3) is 4.06. The van der Waals surface area contributed by atoms with Gasteiger partial charge in [-0.2, -0.15) is 0 Å². The highest BCUT2D eigenvalue weighted by molar-refractivity contribution is 7.99. The lowest BCUT2D eigenvalue weighted by Crippen LogP contribution is -3.13. The minimum atomic E-state index is 0.161. The predicted molar refractivity (Wildman–Crippen MR) is 106 cm³/mol. The molecule has 0 aliphatic carbocycles. The van der Waals surface area contributed by atoms with E-state index in [9.17, 15) is 4.79 Å². The molecule has 142 valence electrons. The van der Waals surface area contributed by atoms with E-state index in [1.165, 1.54) is 10.5 Å². The molecule has 2 aliphatic rings. The lowest BCUT2D eigenvalue weighted by molar-refractivity contribution is -0.917. The van der Waals surface area contributed by atoms with Crippen molar-refractivity contribution in [2.45, 2.75) is 18.4 Å². The molecule has 4 rings (SSSR count). The fourth-order valence-corrected chi connectivity index (χ4v) is 4.43. The summed E-state index contributed by atoms with van der Waals surface area (Å²) >= 11 is 1.73. The SMILES string of the molecule is CCSc1ccccc1C(=O)N1CC[NH+](Cc2ccc3c(c2)OCO3)CC1. The zero-order valence-corrected chi connectivity index (χ0v) is 16.4. The molecule has 2 aromatic rings. The molecule has 1 saturated heterocycles. The van der Waals surface area contributed by atoms with Crippen LogP contribution >= 0.6 is 11.8 Å². The summed E-state index contributed by atoms with van der Waals surface area (Å²) in [7, 11) is 0. The van der Waals surface area contributed by atoms with E-state index < -0.39 is 0 Å². The Hall–Kier alpha value is -2.18. The standard InChI is InChI=1S/C21H24N2O3S/c1-2-27-20-6-4-3-5-17(20)21(24)23-11-9-22(10-12-23)14-16-7-8-18-19(13-16)26-15-25-18/h3-8,13H,2,9-12,14-15H2,1H3/p+1. The van der Waals surface area contributed by atoms with Gasteiger partial charge < -0.3 is 19.3 Å². The van der Waals surface area contributed by atoms with Gasteiger partial charge in [0, 0.05) is 10.5 Å². The molecule has 6 heteroatoms. The largest absolute Gasteiger partial charge is 0.454 e. The molecule has 0 spiro atoms. The normalized spacial score (nSPS) is 16.6. The van der Waals surface area contributed by atoms with Crippen molar-refractivity contribution in [3.05, 3.63) is 53.6 Å². The monoisotopic (exact) mass is 385 g/mol. The number of benzene rings is 2. The van der Waals surface area contributed by atoms with Gasteiger partial charge in [-0.25, -0.2) is 0 Å². The molecule has 27 heavy (non-hydrogen) atoms. The van der Waals surface area contributed by atoms with E-state index in [2.05, 4.69) is 19.1 Å². The van der Waals surface area contributed by atoms with Crippen LogP contribution in [0.15, 0.2) is 47.4 Å². The number of carbonyl (C=O) groups is 1. The molecule has 0 radical (unpaired) electrons. The van der Waals surface area contributed by atoms with Crippen LogP contribution in [0.1, 0.15) is 22.8 Å². The molecule has 0 bridgehead atoms. The summed E-state index contributed by atoms with van der Waals surface area (Å²) in [5, 5.41) is 0. The number of nitrogens with zero attached hydrogens (tertiary/aromatic N) is 1. The van der Waals surface area contributed by atoms with Gasteiger partial charge in [-0.15, -0.1) is 11.8 Å². The summed E-state index contributed by atoms with van der Waals surface area (Å²) in [6, 6.07) is 14.1. The lowest BCUT2D eigenvalue weighted by Gasteiger charge is -2.32. The van der Waals surface area contributed by atoms with Crippen molar-refractivity contribution in [3.63, 3.8) is 0 Å². The van der Waals surface area contributed by atoms with E-state index in [-0.39, 0.29) is 5.91 Å². The Balaban J connectivity index is 1.35. The molecule has 1 amide bonds. The second-order valence-electron chi connectivity index (χ2n) is 6.84. The summed E-state index contributed by atoms with van der Waals surface area (Å²) < 4.78 is 10.8. The van der Waals surface area contributed by atoms with Crippen molar-refractivity contribution in [2.75, 3.05) is 38.7 Å². The fraction of sp³-hybridized carbons (Fsp3) is 0.381. The van der Waals surface area contributed by atoms with Crippen LogP contribution in [0.3, 0.4) is 0 Å². The van der Waals surface area contributed by atoms with Gasteiger partial charge in [0.05, 0.1) is 31.7 Å². The molecule has 0 aromatic heterocycles. The summed E-state index contributed by atoms with van der Waals surface area (Å²) in [4.78, 5) is 17.5. The molecular formula is C21H25N2O3S+. The lowest BCUT2D eigenvalue weighted by atomic mass is 10.1. The summed E-state index contributed by atoms with van der Waals surface area (Å²) in [6.45, 7) is 6.88. The van der Waals surface area contributed by atoms with Gasteiger partial charge in [0.25, 0.3) is 5.91 Å². The van der Waals surface area contributed by atoms with Crippen LogP contribution in [0.4, 0.5) is 0 Å². The third-order valence-corrected chi connectivity index (χ3v) is 6.02. The van der Waals surface area contributed by atoms with Crippen LogP contribution in [0.25, 0.3) is 0 Å². The first-order chi connectivity index (χ1) is 13.2. The Morgan fingerprint density at radius 3 is 2.70 bits per heavy atom. The molecule has 2 aromatic carbocycles. The van der Waals surface area contributed by atoms with Crippen LogP contribution < -0.4 is 14.4 Å². The Morgan fingerprint density at radius 1 is 1.11 bits per heavy atom. The van der Waals surface area contributed by atoms with Gasteiger partial charge in [0.2, 0.25) is 6.79 Å². The number of rotatable bonds is 5. The van der Waals surface area contributed by atoms with Crippen LogP contribution in [0, 0.1) is 0 Å². The molecule has 1 N–H and O–H groups in total. The first-order valence-electron chi connectivity index (χ1n) is 9.48. The van der Waals surface area contributed by atoms with Crippen LogP contribution in [-0.2, 0) is 6.54 Å². The number of piperazine rings is 1. The number of carbonyl (C=O) groups excluding carboxylic acids is 1. The van der Waals surface area contributed by atoms with Crippen molar-refractivity contribution in [1.82, 2.24) is 4.90 Å². The highest BCUT2D eigenvalue weighted by Crippen LogP contribution is 2.32. The Labute approximate surface area is 164 Å². The molecule has 0 atom stereocenters. The first kappa shape index (κ1) is 18.2. The molecule has 2 aliphatic heterocycles. The number of ether oxygens (including phenoxy) is 2. The minimum absolute atomic E-state index is 0.161. The second kappa shape index (κ2) is 8.23. The molecule has 0 unspecified atom stereocenters. The number of fused-ring (bicyclic) bond motifs is 1. The van der Waals surface area contributed by atoms with Gasteiger partial charge in [0.15, 0.2) is 11.5 Å². The number of hydrogen-bond acceptors (Lipinski definition) is 4. The zero-order valence-electron chi connectivity index (χ0n) is 15.6. The number of amides is 1. The maximum absolute atomic E-state index is 13.0. The smallest absolute Gasteiger partial charge is 0.255 e. The average molecular weight is 386 g/mol. The minimum Gasteiger partial charge on any atom is -0.454 e. The van der Waals surface area contributed by atoms with E-state index >= 15 is 0 Å². The summed E-state index contributed by atoms with van der Waals surface area (Å²) in [6.07, 6.45) is 0. The molecule has 2 heterocycles. The zero-order chi connectivity index (χ0) is 18.6. The van der Waals surface area contributed by atoms with E-state index in [4.69, 9.17) is 9.47 Å². The van der Waals surface area contributed by atoms with E-state index in [0.717, 1.165) is 60.4 Å². The van der Waals surface area contributed by atoms with E-state index in [1.807, 2.05) is 35.2 Å². The van der Waals surface area contributed by atoms with Crippen LogP contribution in [-0.4, -0.2) is 49.5 Å². The van der Waals surface area contributed by atoms with Crippen molar-refractivity contribution < 1.29 is 19.2 Å². The summed E-state index contributed by atoms with van der Waals surface area (Å²) in [5.74, 6) is 2.80. The maximum Gasteiger partial charge on any atom is 0.255 e. The van der Waals surface area contributed by atoms with Crippen LogP contribution in [0.2, 0.25) is 0 Å². The van der Waals surface area contributed by atoms with E-state index in [0.29, 0.717) is 6.79 Å². The molecule has 5 nitrogen and oxygen atoms in total. The highest BCUT2D eigenvalue weighted by atomic mass is 32.2. The molecular weight excluding hydrogens is 360 g/mol. The van der Waals surface area contributed by atoms with E-state index in [1.54, 1.807) is 11.8 Å². The van der Waals surface area contributed by atoms with Crippen molar-refractivity contribution in [3.8, 4) is 11.5 Å². The number of thioether (sulfide) groups is 1. The first-order valence-corrected chi connectivity index (χ1v) is 10.5. The van der Waals surface area contributed by atoms with Crippen molar-refractivity contribution in [1.29, 1.82) is 0 Å². The molecule has 0 saturated carbocycles. The Morgan fingerprint density at radius 2 is 1.89 bits per heavy atom. The van der Waals surface area contributed by atoms with Crippen molar-refractivity contribution >= 4 is 17.7 Å². The fourth-order valence-electron chi connectivity index (χ4n) is 3.64. The molecule has 1 fully saturated rings. The number of quaternary nitrogens is 1. The van der Waals surface area contributed by atoms with Gasteiger partial charge in [-0.3, -0.25) is 4.79 Å². The Kier molecular flexibility index (Phi) is 5.55. The third-order valence-electron chi connectivity index (χ3n) is 5.07. The second-order valence-corrected chi connectivity index (χ2v) is 8.14. The van der Waals surface area contributed by atoms with Crippen molar-refractivity contribution in [2.24, 2.45) is 0 Å². The van der Waals surface area contributed by atoms with Gasteiger partial charge in [-0.05, 0) is 36.1 Å². The van der Waals surface area contributed by atoms with Gasteiger partial charge >= 0.3 is 0 Å². The van der Waals surface area contributed by atoms with Gasteiger partial charge in [-0.1, -0.05) is 19.1 Å². The average Bonchev–Trinajstić information content (AvgIpc) is 3.17. The predicted octanol–water partition coefficient (Wildman–Crippen LogP) is 2.07. The highest BCUT2D eigenvalue weighted by Gasteiger charge is 2.26. The number of hydrogen-bond donors (Lipinski definition) is 1. The quantitative estimate of drug-likeness (QED) is 0.801. The topological polar surface area (TPSA) is 43.2 Å². The maximum atomic E-state index is 13.0. The summed E-state index contributed by atoms with van der Waals surface area (Å²) in [5.41, 5.74) is 2.09. The van der Waals surface area contributed by atoms with Crippen LogP contribution in [0.5, 0.6) is 11.5 Å². The number of nitrogens with one attached hydrogen (secondary N) is 1.